The van der Waals surface area contributed by atoms with Crippen LogP contribution in [0.15, 0.2) is 30.5 Å². The minimum absolute atomic E-state index is 1.00. The number of anilines is 1. The second-order valence-electron chi connectivity index (χ2n) is 2.80. The number of hydrogen-bond donors (Lipinski definition) is 1. The Labute approximate surface area is 72.8 Å². The highest BCUT2D eigenvalue weighted by atomic mass is 16.2. The van der Waals surface area contributed by atoms with Gasteiger partial charge < -0.3 is 10.0 Å². The van der Waals surface area contributed by atoms with E-state index >= 15 is 0 Å². The van der Waals surface area contributed by atoms with Gasteiger partial charge in [0.2, 0.25) is 0 Å². The van der Waals surface area contributed by atoms with Crippen LogP contribution in [0.3, 0.4) is 0 Å². The van der Waals surface area contributed by atoms with Crippen LogP contribution in [-0.4, -0.2) is 19.2 Å². The van der Waals surface area contributed by atoms with Gasteiger partial charge in [0, 0.05) is 19.8 Å². The second kappa shape index (κ2) is 3.81. The highest BCUT2D eigenvalue weighted by molar-refractivity contribution is 5.54. The quantitative estimate of drug-likeness (QED) is 0.676. The Bertz CT molecular complexity index is 262. The smallest absolute Gasteiger partial charge is 0.0797 e. The van der Waals surface area contributed by atoms with E-state index in [0.29, 0.717) is 0 Å². The van der Waals surface area contributed by atoms with E-state index in [2.05, 4.69) is 0 Å². The number of rotatable bonds is 2. The Morgan fingerprint density at radius 3 is 2.17 bits per heavy atom. The molecule has 0 fully saturated rings. The molecule has 0 amide bonds. The standard InChI is InChI=1S/C10H13NO/c1-11(2)10-5-3-9(4-6-10)7-8-12/h3-8,12H,1-2H3. The summed E-state index contributed by atoms with van der Waals surface area (Å²) in [6.07, 6.45) is 2.70. The fraction of sp³-hybridized carbons (Fsp3) is 0.200. The third-order valence-corrected chi connectivity index (χ3v) is 1.68. The van der Waals surface area contributed by atoms with Crippen LogP contribution in [0.25, 0.3) is 6.08 Å². The molecule has 1 aromatic carbocycles. The van der Waals surface area contributed by atoms with E-state index in [0.717, 1.165) is 17.5 Å². The number of hydrogen-bond acceptors (Lipinski definition) is 2. The van der Waals surface area contributed by atoms with Gasteiger partial charge in [-0.3, -0.25) is 0 Å². The van der Waals surface area contributed by atoms with Crippen molar-refractivity contribution in [2.75, 3.05) is 19.0 Å². The molecule has 1 aromatic rings. The molecule has 0 radical (unpaired) electrons. The first-order valence-corrected chi connectivity index (χ1v) is 3.82. The molecule has 2 nitrogen and oxygen atoms in total. The third-order valence-electron chi connectivity index (χ3n) is 1.68. The van der Waals surface area contributed by atoms with E-state index in [4.69, 9.17) is 5.11 Å². The van der Waals surface area contributed by atoms with Gasteiger partial charge in [-0.05, 0) is 23.8 Å². The normalized spacial score (nSPS) is 10.5. The average molecular weight is 163 g/mol. The van der Waals surface area contributed by atoms with Crippen molar-refractivity contribution in [3.05, 3.63) is 36.1 Å². The van der Waals surface area contributed by atoms with Crippen LogP contribution in [0, 0.1) is 0 Å². The van der Waals surface area contributed by atoms with Gasteiger partial charge in [0.15, 0.2) is 0 Å². The summed E-state index contributed by atoms with van der Waals surface area (Å²) < 4.78 is 0. The molecule has 0 unspecified atom stereocenters. The lowest BCUT2D eigenvalue weighted by atomic mass is 10.2. The van der Waals surface area contributed by atoms with E-state index in [1.807, 2.05) is 43.3 Å². The van der Waals surface area contributed by atoms with Crippen LogP contribution in [0.5, 0.6) is 0 Å². The molecule has 1 N–H and O–H groups in total. The van der Waals surface area contributed by atoms with E-state index in [9.17, 15) is 0 Å². The van der Waals surface area contributed by atoms with E-state index < -0.39 is 0 Å². The van der Waals surface area contributed by atoms with Crippen molar-refractivity contribution in [3.63, 3.8) is 0 Å². The zero-order valence-corrected chi connectivity index (χ0v) is 7.36. The lowest BCUT2D eigenvalue weighted by molar-refractivity contribution is 0.478. The Hall–Kier alpha value is -1.44. The molecule has 12 heavy (non-hydrogen) atoms. The van der Waals surface area contributed by atoms with Crippen molar-refractivity contribution >= 4 is 11.8 Å². The summed E-state index contributed by atoms with van der Waals surface area (Å²) in [6, 6.07) is 7.94. The topological polar surface area (TPSA) is 23.5 Å². The van der Waals surface area contributed by atoms with Crippen molar-refractivity contribution in [1.82, 2.24) is 0 Å². The SMILES string of the molecule is CN(C)c1ccc(C=CO)cc1. The lowest BCUT2D eigenvalue weighted by Crippen LogP contribution is -2.07. The van der Waals surface area contributed by atoms with Crippen LogP contribution < -0.4 is 4.90 Å². The van der Waals surface area contributed by atoms with Crippen molar-refractivity contribution < 1.29 is 5.11 Å². The van der Waals surface area contributed by atoms with E-state index in [1.165, 1.54) is 0 Å². The summed E-state index contributed by atoms with van der Waals surface area (Å²) in [5.41, 5.74) is 2.16. The van der Waals surface area contributed by atoms with Crippen molar-refractivity contribution in [3.8, 4) is 0 Å². The first-order chi connectivity index (χ1) is 5.74. The minimum Gasteiger partial charge on any atom is -0.516 e. The van der Waals surface area contributed by atoms with Gasteiger partial charge in [-0.2, -0.15) is 0 Å². The maximum absolute atomic E-state index is 8.51. The number of benzene rings is 1. The lowest BCUT2D eigenvalue weighted by Gasteiger charge is -2.11. The minimum atomic E-state index is 1.00. The number of aliphatic hydroxyl groups excluding tert-OH is 1. The molecule has 0 spiro atoms. The van der Waals surface area contributed by atoms with Gasteiger partial charge in [0.05, 0.1) is 6.26 Å². The van der Waals surface area contributed by atoms with Crippen molar-refractivity contribution in [1.29, 1.82) is 0 Å². The third kappa shape index (κ3) is 2.02. The fourth-order valence-electron chi connectivity index (χ4n) is 0.970. The summed E-state index contributed by atoms with van der Waals surface area (Å²) in [6.45, 7) is 0. The number of aliphatic hydroxyl groups is 1. The van der Waals surface area contributed by atoms with Crippen LogP contribution in [-0.2, 0) is 0 Å². The molecule has 64 valence electrons. The Kier molecular flexibility index (Phi) is 2.75. The van der Waals surface area contributed by atoms with Crippen LogP contribution in [0.2, 0.25) is 0 Å². The molecule has 1 rings (SSSR count). The van der Waals surface area contributed by atoms with Gasteiger partial charge in [0.1, 0.15) is 0 Å². The van der Waals surface area contributed by atoms with Crippen LogP contribution in [0.4, 0.5) is 5.69 Å². The van der Waals surface area contributed by atoms with E-state index in [1.54, 1.807) is 6.08 Å². The van der Waals surface area contributed by atoms with Crippen LogP contribution in [0.1, 0.15) is 5.56 Å². The van der Waals surface area contributed by atoms with Gasteiger partial charge in [-0.15, -0.1) is 0 Å². The highest BCUT2D eigenvalue weighted by Crippen LogP contribution is 2.12. The molecule has 0 saturated heterocycles. The Morgan fingerprint density at radius 1 is 1.17 bits per heavy atom. The van der Waals surface area contributed by atoms with E-state index in [-0.39, 0.29) is 0 Å². The fourth-order valence-corrected chi connectivity index (χ4v) is 0.970. The molecule has 0 bridgehead atoms. The zero-order chi connectivity index (χ0) is 8.97. The molecule has 0 aliphatic carbocycles. The van der Waals surface area contributed by atoms with Gasteiger partial charge in [0.25, 0.3) is 0 Å². The van der Waals surface area contributed by atoms with Gasteiger partial charge >= 0.3 is 0 Å². The highest BCUT2D eigenvalue weighted by Gasteiger charge is 1.92. The molecule has 0 aliphatic heterocycles. The van der Waals surface area contributed by atoms with Crippen molar-refractivity contribution in [2.45, 2.75) is 0 Å². The molecular weight excluding hydrogens is 150 g/mol. The summed E-state index contributed by atoms with van der Waals surface area (Å²) in [4.78, 5) is 2.03. The zero-order valence-electron chi connectivity index (χ0n) is 7.36. The number of nitrogens with zero attached hydrogens (tertiary/aromatic N) is 1. The largest absolute Gasteiger partial charge is 0.516 e. The monoisotopic (exact) mass is 163 g/mol. The first kappa shape index (κ1) is 8.65. The maximum Gasteiger partial charge on any atom is 0.0797 e. The summed E-state index contributed by atoms with van der Waals surface area (Å²) in [5, 5.41) is 8.51. The predicted molar refractivity (Wildman–Crippen MR) is 52.4 cm³/mol. The van der Waals surface area contributed by atoms with Gasteiger partial charge in [-0.1, -0.05) is 12.1 Å². The molecule has 0 saturated carbocycles. The molecule has 0 atom stereocenters. The molecule has 2 heteroatoms. The molecule has 0 aliphatic rings. The summed E-state index contributed by atoms with van der Waals surface area (Å²) in [5.74, 6) is 0. The summed E-state index contributed by atoms with van der Waals surface area (Å²) in [7, 11) is 3.99. The summed E-state index contributed by atoms with van der Waals surface area (Å²) >= 11 is 0. The molecular formula is C10H13NO. The Morgan fingerprint density at radius 2 is 1.75 bits per heavy atom. The van der Waals surface area contributed by atoms with Crippen molar-refractivity contribution in [2.24, 2.45) is 0 Å². The predicted octanol–water partition coefficient (Wildman–Crippen LogP) is 2.28. The first-order valence-electron chi connectivity index (χ1n) is 3.82. The van der Waals surface area contributed by atoms with Gasteiger partial charge in [-0.25, -0.2) is 0 Å². The Balaban J connectivity index is 2.85. The molecule has 0 heterocycles. The maximum atomic E-state index is 8.51. The van der Waals surface area contributed by atoms with Crippen LogP contribution >= 0.6 is 0 Å². The average Bonchev–Trinajstić information content (AvgIpc) is 2.06. The second-order valence-corrected chi connectivity index (χ2v) is 2.80. The molecule has 0 aromatic heterocycles.